The Labute approximate surface area is 67.6 Å². The molecule has 0 aromatic carbocycles. The molecule has 0 heterocycles. The summed E-state index contributed by atoms with van der Waals surface area (Å²) in [5.74, 6) is 0. The normalized spacial score (nSPS) is 8.88. The standard InChI is InChI=1S/FH2O4P.Fe.Li.H/c1-5-6(2,3)4;;;/h(H2,2,3,4);;;. The van der Waals surface area contributed by atoms with E-state index in [4.69, 9.17) is 14.4 Å². The van der Waals surface area contributed by atoms with Crippen LogP contribution in [0.5, 0.6) is 0 Å². The molecule has 0 rings (SSSR count). The Balaban J connectivity index is -0.000000125. The van der Waals surface area contributed by atoms with Crippen molar-refractivity contribution in [2.75, 3.05) is 0 Å². The molecule has 0 aliphatic rings. The monoisotopic (exact) mass is 180 g/mol. The van der Waals surface area contributed by atoms with Crippen LogP contribution in [0.25, 0.3) is 0 Å². The van der Waals surface area contributed by atoms with Gasteiger partial charge < -0.3 is 9.79 Å². The number of hydrogen-bond donors (Lipinski definition) is 2. The van der Waals surface area contributed by atoms with E-state index in [9.17, 15) is 4.53 Å². The third-order valence-corrected chi connectivity index (χ3v) is 0.270. The van der Waals surface area contributed by atoms with Crippen LogP contribution >= 0.6 is 7.82 Å². The zero-order valence-corrected chi connectivity index (χ0v) is 4.89. The molecule has 0 atom stereocenters. The topological polar surface area (TPSA) is 66.8 Å². The van der Waals surface area contributed by atoms with E-state index in [1.807, 2.05) is 0 Å². The molecule has 0 unspecified atom stereocenters. The van der Waals surface area contributed by atoms with Crippen LogP contribution in [0.4, 0.5) is 4.53 Å². The summed E-state index contributed by atoms with van der Waals surface area (Å²) in [6, 6.07) is 0. The van der Waals surface area contributed by atoms with Crippen molar-refractivity contribution in [2.24, 2.45) is 0 Å². The van der Waals surface area contributed by atoms with Crippen molar-refractivity contribution < 1.29 is 40.7 Å². The average molecular weight is 180 g/mol. The Kier molecular flexibility index (Phi) is 12.6. The first-order chi connectivity index (χ1) is 2.56. The Bertz CT molecular complexity index is 80.1. The Morgan fingerprint density at radius 2 is 1.62 bits per heavy atom. The van der Waals surface area contributed by atoms with E-state index < -0.39 is 7.82 Å². The number of phosphoric acid groups is 1. The van der Waals surface area contributed by atoms with Gasteiger partial charge in [0.15, 0.2) is 0 Å². The van der Waals surface area contributed by atoms with Gasteiger partial charge in [0.2, 0.25) is 0 Å². The number of rotatable bonds is 1. The van der Waals surface area contributed by atoms with E-state index in [1.54, 1.807) is 0 Å². The van der Waals surface area contributed by atoms with Crippen molar-refractivity contribution in [1.82, 2.24) is 0 Å². The fourth-order valence-electron chi connectivity index (χ4n) is 0. The molecule has 0 aromatic heterocycles. The van der Waals surface area contributed by atoms with Gasteiger partial charge in [0.05, 0.1) is 0 Å². The molecule has 0 fully saturated rings. The van der Waals surface area contributed by atoms with Gasteiger partial charge in [-0.25, -0.2) is 4.57 Å². The Hall–Kier alpha value is 1.16. The fourth-order valence-corrected chi connectivity index (χ4v) is 0. The first-order valence-electron chi connectivity index (χ1n) is 0.919. The van der Waals surface area contributed by atoms with Crippen molar-refractivity contribution in [3.8, 4) is 0 Å². The van der Waals surface area contributed by atoms with Crippen LogP contribution in [-0.2, 0) is 26.4 Å². The van der Waals surface area contributed by atoms with Crippen LogP contribution in [0.3, 0.4) is 0 Å². The summed E-state index contributed by atoms with van der Waals surface area (Å²) in [5.41, 5.74) is 0. The molecule has 8 heteroatoms. The minimum atomic E-state index is -4.81. The van der Waals surface area contributed by atoms with Crippen molar-refractivity contribution in [3.05, 3.63) is 0 Å². The summed E-state index contributed by atoms with van der Waals surface area (Å²) in [7, 11) is -4.81. The Morgan fingerprint density at radius 3 is 1.62 bits per heavy atom. The molecule has 0 spiro atoms. The molecule has 4 nitrogen and oxygen atoms in total. The van der Waals surface area contributed by atoms with Gasteiger partial charge in [-0.1, -0.05) is 4.73 Å². The van der Waals surface area contributed by atoms with Crippen molar-refractivity contribution in [1.29, 1.82) is 0 Å². The zero-order chi connectivity index (χ0) is 5.21. The molecule has 0 radical (unpaired) electrons. The summed E-state index contributed by atoms with van der Waals surface area (Å²) in [5, 5.41) is 0. The molecule has 0 aromatic rings. The van der Waals surface area contributed by atoms with E-state index in [0.29, 0.717) is 0 Å². The quantitative estimate of drug-likeness (QED) is 0.414. The summed E-state index contributed by atoms with van der Waals surface area (Å²) in [6.07, 6.45) is 0. The predicted molar refractivity (Wildman–Crippen MR) is 21.4 cm³/mol. The van der Waals surface area contributed by atoms with Gasteiger partial charge in [0.1, 0.15) is 0 Å². The molecule has 48 valence electrons. The average Bonchev–Trinajstić information content (AvgIpc) is 1.35. The van der Waals surface area contributed by atoms with Crippen LogP contribution in [0, 0.1) is 0 Å². The van der Waals surface area contributed by atoms with Gasteiger partial charge in [0.25, 0.3) is 0 Å². The first kappa shape index (κ1) is 16.1. The van der Waals surface area contributed by atoms with Crippen molar-refractivity contribution in [2.45, 2.75) is 0 Å². The molecule has 2 N–H and O–H groups in total. The van der Waals surface area contributed by atoms with Crippen LogP contribution in [0.15, 0.2) is 0 Å². The number of hydrogen-bond acceptors (Lipinski definition) is 2. The van der Waals surface area contributed by atoms with Gasteiger partial charge in [-0.2, -0.15) is 0 Å². The molecule has 0 bridgehead atoms. The van der Waals surface area contributed by atoms with Gasteiger partial charge in [-0.05, 0) is 4.53 Å². The van der Waals surface area contributed by atoms with Crippen LogP contribution in [0.2, 0.25) is 0 Å². The van der Waals surface area contributed by atoms with Crippen LogP contribution < -0.4 is 0 Å². The predicted octanol–water partition coefficient (Wildman–Crippen LogP) is -0.671. The third kappa shape index (κ3) is 15.7. The molecule has 0 saturated heterocycles. The second kappa shape index (κ2) is 6.28. The first-order valence-corrected chi connectivity index (χ1v) is 2.45. The van der Waals surface area contributed by atoms with Gasteiger partial charge in [-0.15, -0.1) is 0 Å². The maximum absolute atomic E-state index is 10.2. The fraction of sp³-hybridized carbons (Fsp3) is 0. The minimum absolute atomic E-state index is 0. The summed E-state index contributed by atoms with van der Waals surface area (Å²) in [4.78, 5) is 14.7. The summed E-state index contributed by atoms with van der Waals surface area (Å²) in [6.45, 7) is 0. The molecular formula is H3FFeLiO4P. The van der Waals surface area contributed by atoms with E-state index in [2.05, 4.69) is 4.73 Å². The molecule has 0 aliphatic heterocycles. The second-order valence-corrected chi connectivity index (χ2v) is 1.68. The summed E-state index contributed by atoms with van der Waals surface area (Å²) < 4.78 is 21.4. The zero-order valence-electron chi connectivity index (χ0n) is 2.89. The Morgan fingerprint density at radius 1 is 1.50 bits per heavy atom. The molecule has 0 saturated carbocycles. The van der Waals surface area contributed by atoms with Crippen LogP contribution in [0.1, 0.15) is 0 Å². The van der Waals surface area contributed by atoms with E-state index in [1.165, 1.54) is 0 Å². The molecule has 0 aliphatic carbocycles. The molecule has 8 heavy (non-hydrogen) atoms. The second-order valence-electron chi connectivity index (χ2n) is 0.560. The number of halogens is 1. The third-order valence-electron chi connectivity index (χ3n) is 0.0899. The van der Waals surface area contributed by atoms with Crippen molar-refractivity contribution in [3.63, 3.8) is 0 Å². The van der Waals surface area contributed by atoms with Gasteiger partial charge >= 0.3 is 26.7 Å². The van der Waals surface area contributed by atoms with E-state index >= 15 is 0 Å². The van der Waals surface area contributed by atoms with Crippen molar-refractivity contribution >= 4 is 26.7 Å². The van der Waals surface area contributed by atoms with Gasteiger partial charge in [-0.3, -0.25) is 0 Å². The SMILES string of the molecule is O=P(O)(O)OF.[Fe].[LiH]. The van der Waals surface area contributed by atoms with Gasteiger partial charge in [0, 0.05) is 17.1 Å². The molecular weight excluding hydrogens is 177 g/mol. The molecule has 0 amide bonds. The maximum atomic E-state index is 10.2. The van der Waals surface area contributed by atoms with E-state index in [-0.39, 0.29) is 35.9 Å². The summed E-state index contributed by atoms with van der Waals surface area (Å²) >= 11 is 0. The van der Waals surface area contributed by atoms with Crippen LogP contribution in [-0.4, -0.2) is 28.6 Å². The van der Waals surface area contributed by atoms with E-state index in [0.717, 1.165) is 0 Å².